The fraction of sp³-hybridized carbons (Fsp3) is 0.500. The van der Waals surface area contributed by atoms with E-state index in [2.05, 4.69) is 12.7 Å². The number of phenols is 1. The number of phenolic OH excluding ortho intramolecular Hbond substituents is 1. The minimum absolute atomic E-state index is 0.0120. The molecule has 6 heteroatoms. The van der Waals surface area contributed by atoms with Gasteiger partial charge >= 0.3 is 11.9 Å². The highest BCUT2D eigenvalue weighted by Crippen LogP contribution is 2.45. The third-order valence-electron chi connectivity index (χ3n) is 5.75. The maximum Gasteiger partial charge on any atom is 0.345 e. The highest BCUT2D eigenvalue weighted by Gasteiger charge is 2.40. The Hall–Kier alpha value is -2.76. The van der Waals surface area contributed by atoms with Crippen LogP contribution in [0.2, 0.25) is 0 Å². The van der Waals surface area contributed by atoms with Crippen LogP contribution in [-0.2, 0) is 15.9 Å². The number of cyclic esters (lactones) is 1. The van der Waals surface area contributed by atoms with Crippen LogP contribution < -0.4 is 4.74 Å². The molecule has 6 nitrogen and oxygen atoms in total. The molecule has 1 aromatic rings. The van der Waals surface area contributed by atoms with Crippen molar-refractivity contribution in [2.45, 2.75) is 66.1 Å². The molecule has 0 radical (unpaired) electrons. The Kier molecular flexibility index (Phi) is 5.97. The zero-order valence-corrected chi connectivity index (χ0v) is 18.4. The molecule has 1 heterocycles. The number of carbonyl (C=O) groups is 2. The second-order valence-corrected chi connectivity index (χ2v) is 8.50. The molecule has 0 saturated heterocycles. The van der Waals surface area contributed by atoms with Gasteiger partial charge in [0.15, 0.2) is 0 Å². The second kappa shape index (κ2) is 8.17. The van der Waals surface area contributed by atoms with Crippen LogP contribution in [0.1, 0.15) is 78.8 Å². The summed E-state index contributed by atoms with van der Waals surface area (Å²) < 4.78 is 16.5. The molecule has 0 fully saturated rings. The summed E-state index contributed by atoms with van der Waals surface area (Å²) in [6, 6.07) is 0. The molecular weight excluding hydrogens is 384 g/mol. The smallest absolute Gasteiger partial charge is 0.345 e. The predicted molar refractivity (Wildman–Crippen MR) is 113 cm³/mol. The first-order valence-corrected chi connectivity index (χ1v) is 10.4. The average molecular weight is 414 g/mol. The monoisotopic (exact) mass is 414 g/mol. The van der Waals surface area contributed by atoms with Gasteiger partial charge in [0, 0.05) is 25.8 Å². The van der Waals surface area contributed by atoms with Gasteiger partial charge in [-0.1, -0.05) is 23.8 Å². The predicted octanol–water partition coefficient (Wildman–Crippen LogP) is 5.01. The van der Waals surface area contributed by atoms with Gasteiger partial charge in [0.2, 0.25) is 5.79 Å². The molecule has 1 N–H and O–H groups in total. The van der Waals surface area contributed by atoms with Crippen molar-refractivity contribution in [3.05, 3.63) is 46.1 Å². The van der Waals surface area contributed by atoms with E-state index in [9.17, 15) is 14.7 Å². The van der Waals surface area contributed by atoms with Crippen LogP contribution in [0.3, 0.4) is 0 Å². The van der Waals surface area contributed by atoms with Crippen LogP contribution in [0.25, 0.3) is 0 Å². The van der Waals surface area contributed by atoms with Crippen molar-refractivity contribution < 1.29 is 28.9 Å². The van der Waals surface area contributed by atoms with Crippen LogP contribution in [0.5, 0.6) is 11.5 Å². The van der Waals surface area contributed by atoms with Gasteiger partial charge in [0.05, 0.1) is 6.61 Å². The van der Waals surface area contributed by atoms with Crippen molar-refractivity contribution in [1.82, 2.24) is 0 Å². The Labute approximate surface area is 177 Å². The molecule has 0 unspecified atom stereocenters. The molecule has 0 spiro atoms. The number of allylic oxidation sites excluding steroid dienone is 3. The van der Waals surface area contributed by atoms with Crippen LogP contribution in [0, 0.1) is 12.8 Å². The summed E-state index contributed by atoms with van der Waals surface area (Å²) in [5, 5.41) is 11.1. The first-order chi connectivity index (χ1) is 14.1. The van der Waals surface area contributed by atoms with Crippen molar-refractivity contribution in [2.75, 3.05) is 6.61 Å². The van der Waals surface area contributed by atoms with Crippen LogP contribution in [0.15, 0.2) is 23.8 Å². The number of ether oxygens (including phenoxy) is 3. The summed E-state index contributed by atoms with van der Waals surface area (Å²) in [4.78, 5) is 25.3. The van der Waals surface area contributed by atoms with E-state index < -0.39 is 17.7 Å². The Balaban J connectivity index is 2.12. The van der Waals surface area contributed by atoms with E-state index >= 15 is 0 Å². The van der Waals surface area contributed by atoms with E-state index in [0.29, 0.717) is 23.5 Å². The van der Waals surface area contributed by atoms with E-state index in [1.165, 1.54) is 5.57 Å². The Bertz CT molecular complexity index is 938. The molecule has 30 heavy (non-hydrogen) atoms. The number of benzene rings is 1. The number of rotatable bonds is 5. The highest BCUT2D eigenvalue weighted by atomic mass is 16.7. The lowest BCUT2D eigenvalue weighted by Crippen LogP contribution is -2.40. The molecule has 1 atom stereocenters. The fourth-order valence-electron chi connectivity index (χ4n) is 4.12. The first-order valence-electron chi connectivity index (χ1n) is 10.4. The molecule has 3 rings (SSSR count). The van der Waals surface area contributed by atoms with Gasteiger partial charge in [-0.2, -0.15) is 0 Å². The standard InChI is InChI=1S/C24H30O6/c1-7-28-22(26)18-14(4)19-21(29-24(5,6)30-23(19)27)17(20(18)25)12-15-8-10-16(11-9-15)13(2)3/h8,16,25H,2,7,9-12H2,1,3-6H3/t16-/m1/s1. The number of esters is 2. The second-order valence-electron chi connectivity index (χ2n) is 8.50. The molecule has 0 amide bonds. The van der Waals surface area contributed by atoms with Crippen molar-refractivity contribution in [1.29, 1.82) is 0 Å². The van der Waals surface area contributed by atoms with Crippen LogP contribution >= 0.6 is 0 Å². The summed E-state index contributed by atoms with van der Waals surface area (Å²) in [5.41, 5.74) is 3.17. The highest BCUT2D eigenvalue weighted by molar-refractivity contribution is 6.03. The average Bonchev–Trinajstić information content (AvgIpc) is 2.64. The number of hydrogen-bond donors (Lipinski definition) is 1. The molecule has 0 bridgehead atoms. The zero-order valence-electron chi connectivity index (χ0n) is 18.4. The van der Waals surface area contributed by atoms with Crippen molar-refractivity contribution in [3.63, 3.8) is 0 Å². The number of fused-ring (bicyclic) bond motifs is 1. The normalized spacial score (nSPS) is 19.8. The number of carbonyl (C=O) groups excluding carboxylic acids is 2. The van der Waals surface area contributed by atoms with E-state index in [4.69, 9.17) is 14.2 Å². The molecule has 0 aromatic heterocycles. The SMILES string of the molecule is C=C(C)[C@@H]1CC=C(Cc2c(O)c(C(=O)OCC)c(C)c3c2OC(C)(C)OC3=O)CC1. The van der Waals surface area contributed by atoms with Gasteiger partial charge < -0.3 is 19.3 Å². The van der Waals surface area contributed by atoms with Crippen LogP contribution in [0.4, 0.5) is 0 Å². The summed E-state index contributed by atoms with van der Waals surface area (Å²) in [5.74, 6) is -1.88. The molecule has 2 aliphatic rings. The van der Waals surface area contributed by atoms with Gasteiger partial charge in [-0.3, -0.25) is 0 Å². The van der Waals surface area contributed by atoms with Crippen molar-refractivity contribution in [2.24, 2.45) is 5.92 Å². The minimum atomic E-state index is -1.17. The third kappa shape index (κ3) is 4.09. The number of aromatic hydroxyl groups is 1. The van der Waals surface area contributed by atoms with Gasteiger partial charge in [-0.25, -0.2) is 9.59 Å². The van der Waals surface area contributed by atoms with E-state index in [1.807, 2.05) is 6.92 Å². The molecule has 0 saturated carbocycles. The Morgan fingerprint density at radius 2 is 2.07 bits per heavy atom. The molecule has 162 valence electrons. The maximum absolute atomic E-state index is 12.8. The zero-order chi connectivity index (χ0) is 22.2. The molecular formula is C24H30O6. The van der Waals surface area contributed by atoms with Gasteiger partial charge in [0.1, 0.15) is 22.6 Å². The van der Waals surface area contributed by atoms with Crippen molar-refractivity contribution >= 4 is 11.9 Å². The molecule has 1 aromatic carbocycles. The van der Waals surface area contributed by atoms with Gasteiger partial charge in [0.25, 0.3) is 0 Å². The quantitative estimate of drug-likeness (QED) is 0.539. The number of hydrogen-bond acceptors (Lipinski definition) is 6. The van der Waals surface area contributed by atoms with E-state index in [1.54, 1.807) is 27.7 Å². The first kappa shape index (κ1) is 21.9. The lowest BCUT2D eigenvalue weighted by Gasteiger charge is -2.35. The summed E-state index contributed by atoms with van der Waals surface area (Å²) in [7, 11) is 0. The third-order valence-corrected chi connectivity index (χ3v) is 5.75. The van der Waals surface area contributed by atoms with Gasteiger partial charge in [-0.15, -0.1) is 0 Å². The lowest BCUT2D eigenvalue weighted by atomic mass is 9.82. The van der Waals surface area contributed by atoms with Crippen molar-refractivity contribution in [3.8, 4) is 11.5 Å². The topological polar surface area (TPSA) is 82.1 Å². The summed E-state index contributed by atoms with van der Waals surface area (Å²) in [6.45, 7) is 12.8. The minimum Gasteiger partial charge on any atom is -0.507 e. The summed E-state index contributed by atoms with van der Waals surface area (Å²) >= 11 is 0. The molecule has 1 aliphatic heterocycles. The van der Waals surface area contributed by atoms with E-state index in [-0.39, 0.29) is 29.2 Å². The fourth-order valence-corrected chi connectivity index (χ4v) is 4.12. The largest absolute Gasteiger partial charge is 0.507 e. The molecule has 1 aliphatic carbocycles. The Morgan fingerprint density at radius 3 is 2.63 bits per heavy atom. The van der Waals surface area contributed by atoms with E-state index in [0.717, 1.165) is 24.8 Å². The lowest BCUT2D eigenvalue weighted by molar-refractivity contribution is -0.128. The van der Waals surface area contributed by atoms with Gasteiger partial charge in [-0.05, 0) is 51.5 Å². The Morgan fingerprint density at radius 1 is 1.37 bits per heavy atom. The summed E-state index contributed by atoms with van der Waals surface area (Å²) in [6.07, 6.45) is 5.26. The maximum atomic E-state index is 12.8. The van der Waals surface area contributed by atoms with Crippen LogP contribution in [-0.4, -0.2) is 29.4 Å².